The Morgan fingerprint density at radius 2 is 1.89 bits per heavy atom. The third-order valence-electron chi connectivity index (χ3n) is 5.37. The van der Waals surface area contributed by atoms with Gasteiger partial charge in [0.25, 0.3) is 0 Å². The Kier molecular flexibility index (Phi) is 4.89. The van der Waals surface area contributed by atoms with E-state index >= 15 is 0 Å². The number of hydrogen-bond donors (Lipinski definition) is 1. The van der Waals surface area contributed by atoms with Crippen molar-refractivity contribution in [2.45, 2.75) is 43.7 Å². The van der Waals surface area contributed by atoms with Crippen LogP contribution in [0.1, 0.15) is 30.9 Å². The minimum Gasteiger partial charge on any atom is -0.497 e. The fourth-order valence-electron chi connectivity index (χ4n) is 3.64. The number of amides is 1. The van der Waals surface area contributed by atoms with E-state index in [1.54, 1.807) is 37.4 Å². The van der Waals surface area contributed by atoms with Crippen LogP contribution in [0.5, 0.6) is 5.75 Å². The number of nitrogens with zero attached hydrogens (tertiary/aromatic N) is 1. The molecule has 6 nitrogen and oxygen atoms in total. The molecule has 28 heavy (non-hydrogen) atoms. The highest BCUT2D eigenvalue weighted by Crippen LogP contribution is 2.39. The highest BCUT2D eigenvalue weighted by atomic mass is 32.2. The van der Waals surface area contributed by atoms with E-state index < -0.39 is 10.0 Å². The second kappa shape index (κ2) is 7.22. The van der Waals surface area contributed by atoms with Crippen molar-refractivity contribution in [1.29, 1.82) is 0 Å². The van der Waals surface area contributed by atoms with Crippen LogP contribution in [0.2, 0.25) is 0 Å². The molecule has 1 N–H and O–H groups in total. The number of hydrogen-bond acceptors (Lipinski definition) is 4. The SMILES string of the molecule is COc1ccc(CNS(=O)(=O)c2ccc3c(c2)C[C@H](C)N3C(=O)C2CC2)cc1. The zero-order valence-electron chi connectivity index (χ0n) is 16.0. The normalized spacial score (nSPS) is 18.8. The highest BCUT2D eigenvalue weighted by molar-refractivity contribution is 7.89. The smallest absolute Gasteiger partial charge is 0.240 e. The van der Waals surface area contributed by atoms with Gasteiger partial charge in [0.2, 0.25) is 15.9 Å². The summed E-state index contributed by atoms with van der Waals surface area (Å²) in [6, 6.07) is 12.4. The first kappa shape index (κ1) is 19.0. The quantitative estimate of drug-likeness (QED) is 0.809. The van der Waals surface area contributed by atoms with Gasteiger partial charge >= 0.3 is 0 Å². The number of fused-ring (bicyclic) bond motifs is 1. The first-order valence-corrected chi connectivity index (χ1v) is 11.0. The van der Waals surface area contributed by atoms with E-state index in [1.165, 1.54) is 0 Å². The Morgan fingerprint density at radius 1 is 1.18 bits per heavy atom. The van der Waals surface area contributed by atoms with Gasteiger partial charge < -0.3 is 9.64 Å². The van der Waals surface area contributed by atoms with E-state index in [9.17, 15) is 13.2 Å². The summed E-state index contributed by atoms with van der Waals surface area (Å²) in [7, 11) is -2.05. The van der Waals surface area contributed by atoms with Crippen LogP contribution in [0, 0.1) is 5.92 Å². The van der Waals surface area contributed by atoms with E-state index in [1.807, 2.05) is 24.0 Å². The molecule has 148 valence electrons. The first-order valence-electron chi connectivity index (χ1n) is 9.47. The van der Waals surface area contributed by atoms with E-state index in [-0.39, 0.29) is 29.3 Å². The molecule has 1 amide bonds. The summed E-state index contributed by atoms with van der Waals surface area (Å²) < 4.78 is 33.2. The fourth-order valence-corrected chi connectivity index (χ4v) is 4.71. The van der Waals surface area contributed by atoms with E-state index in [4.69, 9.17) is 4.74 Å². The lowest BCUT2D eigenvalue weighted by atomic mass is 10.1. The number of ether oxygens (including phenoxy) is 1. The molecule has 0 aromatic heterocycles. The average Bonchev–Trinajstić information content (AvgIpc) is 3.48. The lowest BCUT2D eigenvalue weighted by molar-refractivity contribution is -0.120. The van der Waals surface area contributed by atoms with Gasteiger partial charge in [-0.05, 0) is 67.6 Å². The minimum atomic E-state index is -3.64. The van der Waals surface area contributed by atoms with Crippen molar-refractivity contribution in [3.05, 3.63) is 53.6 Å². The van der Waals surface area contributed by atoms with Crippen LogP contribution in [0.4, 0.5) is 5.69 Å². The maximum absolute atomic E-state index is 12.7. The molecule has 1 saturated carbocycles. The van der Waals surface area contributed by atoms with Crippen molar-refractivity contribution in [3.63, 3.8) is 0 Å². The zero-order valence-corrected chi connectivity index (χ0v) is 16.8. The molecule has 2 aromatic carbocycles. The molecule has 0 bridgehead atoms. The van der Waals surface area contributed by atoms with Crippen LogP contribution in [0.3, 0.4) is 0 Å². The Labute approximate surface area is 165 Å². The molecule has 4 rings (SSSR count). The number of benzene rings is 2. The van der Waals surface area contributed by atoms with Crippen LogP contribution in [0.15, 0.2) is 47.4 Å². The maximum atomic E-state index is 12.7. The summed E-state index contributed by atoms with van der Waals surface area (Å²) in [6.45, 7) is 2.21. The minimum absolute atomic E-state index is 0.0633. The van der Waals surface area contributed by atoms with Crippen molar-refractivity contribution in [3.8, 4) is 5.75 Å². The summed E-state index contributed by atoms with van der Waals surface area (Å²) in [5, 5.41) is 0. The molecule has 1 aliphatic carbocycles. The van der Waals surface area contributed by atoms with E-state index in [0.29, 0.717) is 6.42 Å². The van der Waals surface area contributed by atoms with Gasteiger partial charge in [-0.25, -0.2) is 13.1 Å². The molecule has 2 aromatic rings. The monoisotopic (exact) mass is 400 g/mol. The third-order valence-corrected chi connectivity index (χ3v) is 6.77. The van der Waals surface area contributed by atoms with Gasteiger partial charge in [0.15, 0.2) is 0 Å². The van der Waals surface area contributed by atoms with Gasteiger partial charge in [0.1, 0.15) is 5.75 Å². The van der Waals surface area contributed by atoms with Crippen molar-refractivity contribution >= 4 is 21.6 Å². The predicted molar refractivity (Wildman–Crippen MR) is 107 cm³/mol. The van der Waals surface area contributed by atoms with Crippen LogP contribution in [0.25, 0.3) is 0 Å². The molecule has 1 heterocycles. The van der Waals surface area contributed by atoms with Crippen molar-refractivity contribution < 1.29 is 17.9 Å². The molecule has 1 atom stereocenters. The number of sulfonamides is 1. The van der Waals surface area contributed by atoms with Crippen molar-refractivity contribution in [2.75, 3.05) is 12.0 Å². The lowest BCUT2D eigenvalue weighted by Gasteiger charge is -2.22. The first-order chi connectivity index (χ1) is 13.4. The third kappa shape index (κ3) is 3.64. The van der Waals surface area contributed by atoms with Crippen LogP contribution in [-0.4, -0.2) is 27.5 Å². The van der Waals surface area contributed by atoms with E-state index in [2.05, 4.69) is 4.72 Å². The fraction of sp³-hybridized carbons (Fsp3) is 0.381. The molecule has 1 fully saturated rings. The van der Waals surface area contributed by atoms with Gasteiger partial charge in [0, 0.05) is 24.2 Å². The van der Waals surface area contributed by atoms with Crippen LogP contribution in [-0.2, 0) is 27.8 Å². The Balaban J connectivity index is 1.51. The number of carbonyl (C=O) groups excluding carboxylic acids is 1. The van der Waals surface area contributed by atoms with Crippen LogP contribution < -0.4 is 14.4 Å². The standard InChI is InChI=1S/C21H24N2O4S/c1-14-11-17-12-19(9-10-20(17)23(14)21(24)16-5-6-16)28(25,26)22-13-15-3-7-18(27-2)8-4-15/h3-4,7-10,12,14,16,22H,5-6,11,13H2,1-2H3/t14-/m0/s1. The summed E-state index contributed by atoms with van der Waals surface area (Å²) in [4.78, 5) is 14.6. The molecular formula is C21H24N2O4S. The second-order valence-corrected chi connectivity index (χ2v) is 9.27. The Bertz CT molecular complexity index is 998. The number of anilines is 1. The van der Waals surface area contributed by atoms with Gasteiger partial charge in [-0.1, -0.05) is 12.1 Å². The largest absolute Gasteiger partial charge is 0.497 e. The summed E-state index contributed by atoms with van der Waals surface area (Å²) >= 11 is 0. The summed E-state index contributed by atoms with van der Waals surface area (Å²) in [5.41, 5.74) is 2.60. The van der Waals surface area contributed by atoms with Gasteiger partial charge in [-0.15, -0.1) is 0 Å². The lowest BCUT2D eigenvalue weighted by Crippen LogP contribution is -2.36. The number of methoxy groups -OCH3 is 1. The second-order valence-electron chi connectivity index (χ2n) is 7.50. The molecule has 2 aliphatic rings. The molecule has 0 radical (unpaired) electrons. The number of nitrogens with one attached hydrogen (secondary N) is 1. The predicted octanol–water partition coefficient (Wildman–Crippen LogP) is 2.86. The molecule has 0 unspecified atom stereocenters. The van der Waals surface area contributed by atoms with Crippen LogP contribution >= 0.6 is 0 Å². The maximum Gasteiger partial charge on any atom is 0.240 e. The molecule has 1 aliphatic heterocycles. The molecule has 0 saturated heterocycles. The van der Waals surface area contributed by atoms with Gasteiger partial charge in [0.05, 0.1) is 12.0 Å². The van der Waals surface area contributed by atoms with Gasteiger partial charge in [-0.2, -0.15) is 0 Å². The molecule has 7 heteroatoms. The number of rotatable bonds is 6. The van der Waals surface area contributed by atoms with E-state index in [0.717, 1.165) is 35.4 Å². The number of carbonyl (C=O) groups is 1. The van der Waals surface area contributed by atoms with Crippen molar-refractivity contribution in [2.24, 2.45) is 5.92 Å². The Morgan fingerprint density at radius 3 is 2.54 bits per heavy atom. The topological polar surface area (TPSA) is 75.7 Å². The zero-order chi connectivity index (χ0) is 19.9. The van der Waals surface area contributed by atoms with Crippen molar-refractivity contribution in [1.82, 2.24) is 4.72 Å². The molecular weight excluding hydrogens is 376 g/mol. The van der Waals surface area contributed by atoms with Gasteiger partial charge in [-0.3, -0.25) is 4.79 Å². The molecule has 0 spiro atoms. The highest BCUT2D eigenvalue weighted by Gasteiger charge is 2.39. The summed E-state index contributed by atoms with van der Waals surface area (Å²) in [6.07, 6.45) is 2.59. The average molecular weight is 401 g/mol. The Hall–Kier alpha value is -2.38. The summed E-state index contributed by atoms with van der Waals surface area (Å²) in [5.74, 6) is 1.03.